The second-order valence-electron chi connectivity index (χ2n) is 8.72. The van der Waals surface area contributed by atoms with Crippen LogP contribution in [-0.2, 0) is 14.3 Å². The Bertz CT molecular complexity index is 983. The number of carbonyl (C=O) groups excluding carboxylic acids is 2. The lowest BCUT2D eigenvalue weighted by Crippen LogP contribution is -2.38. The van der Waals surface area contributed by atoms with Gasteiger partial charge in [0.2, 0.25) is 0 Å². The quantitative estimate of drug-likeness (QED) is 0.535. The van der Waals surface area contributed by atoms with Crippen molar-refractivity contribution in [1.29, 1.82) is 0 Å². The maximum absolute atomic E-state index is 12.7. The number of benzene rings is 2. The van der Waals surface area contributed by atoms with Crippen molar-refractivity contribution in [3.63, 3.8) is 0 Å². The highest BCUT2D eigenvalue weighted by atomic mass is 16.5. The summed E-state index contributed by atoms with van der Waals surface area (Å²) in [5, 5.41) is 2.64. The van der Waals surface area contributed by atoms with Gasteiger partial charge < -0.3 is 19.5 Å². The highest BCUT2D eigenvalue weighted by Crippen LogP contribution is 2.34. The maximum atomic E-state index is 12.7. The predicted molar refractivity (Wildman–Crippen MR) is 132 cm³/mol. The number of hydrogen-bond acceptors (Lipinski definition) is 6. The van der Waals surface area contributed by atoms with Crippen LogP contribution in [0.1, 0.15) is 48.2 Å². The molecule has 0 spiro atoms. The van der Waals surface area contributed by atoms with E-state index in [0.717, 1.165) is 60.9 Å². The number of nitrogens with one attached hydrogen (secondary N) is 1. The molecule has 0 saturated carbocycles. The minimum atomic E-state index is -0.451. The average Bonchev–Trinajstić information content (AvgIpc) is 2.84. The van der Waals surface area contributed by atoms with Gasteiger partial charge in [0.15, 0.2) is 0 Å². The summed E-state index contributed by atoms with van der Waals surface area (Å²) in [7, 11) is 0. The third kappa shape index (κ3) is 7.05. The fraction of sp³-hybridized carbons (Fsp3) is 0.481. The summed E-state index contributed by atoms with van der Waals surface area (Å²) in [5.41, 5.74) is 4.78. The Hall–Kier alpha value is -2.90. The van der Waals surface area contributed by atoms with Crippen molar-refractivity contribution < 1.29 is 23.8 Å². The smallest absolute Gasteiger partial charge is 0.325 e. The Kier molecular flexibility index (Phi) is 9.48. The molecule has 2 aromatic carbocycles. The van der Waals surface area contributed by atoms with Crippen LogP contribution in [0.5, 0.6) is 5.75 Å². The lowest BCUT2D eigenvalue weighted by molar-refractivity contribution is -0.141. The zero-order valence-electron chi connectivity index (χ0n) is 20.7. The number of nitrogens with zero attached hydrogens (tertiary/aromatic N) is 1. The van der Waals surface area contributed by atoms with E-state index in [0.29, 0.717) is 12.2 Å². The summed E-state index contributed by atoms with van der Waals surface area (Å²) in [5.74, 6) is 0.325. The number of esters is 1. The first-order chi connectivity index (χ1) is 16.4. The van der Waals surface area contributed by atoms with Gasteiger partial charge in [-0.2, -0.15) is 0 Å². The van der Waals surface area contributed by atoms with Crippen molar-refractivity contribution in [2.24, 2.45) is 0 Å². The van der Waals surface area contributed by atoms with Gasteiger partial charge in [-0.05, 0) is 66.3 Å². The fourth-order valence-corrected chi connectivity index (χ4v) is 4.00. The number of aryl methyl sites for hydroxylation is 1. The normalized spacial score (nSPS) is 14.1. The van der Waals surface area contributed by atoms with Crippen molar-refractivity contribution in [3.05, 3.63) is 53.1 Å². The molecule has 0 unspecified atom stereocenters. The van der Waals surface area contributed by atoms with Gasteiger partial charge in [-0.15, -0.1) is 0 Å². The van der Waals surface area contributed by atoms with Gasteiger partial charge in [-0.25, -0.2) is 0 Å². The van der Waals surface area contributed by atoms with Crippen molar-refractivity contribution in [1.82, 2.24) is 10.2 Å². The van der Waals surface area contributed by atoms with E-state index in [1.165, 1.54) is 0 Å². The molecule has 184 valence electrons. The molecular formula is C27H36N2O5. The Morgan fingerprint density at radius 1 is 1.09 bits per heavy atom. The van der Waals surface area contributed by atoms with E-state index in [9.17, 15) is 9.59 Å². The second kappa shape index (κ2) is 12.5. The summed E-state index contributed by atoms with van der Waals surface area (Å²) >= 11 is 0. The summed E-state index contributed by atoms with van der Waals surface area (Å²) in [6, 6.07) is 11.8. The van der Waals surface area contributed by atoms with E-state index in [-0.39, 0.29) is 25.0 Å². The number of morpholine rings is 1. The van der Waals surface area contributed by atoms with Gasteiger partial charge in [0.1, 0.15) is 18.9 Å². The molecule has 0 radical (unpaired) electrons. The van der Waals surface area contributed by atoms with Crippen LogP contribution in [0, 0.1) is 6.92 Å². The zero-order chi connectivity index (χ0) is 24.5. The summed E-state index contributed by atoms with van der Waals surface area (Å²) in [6.45, 7) is 13.1. The third-order valence-corrected chi connectivity index (χ3v) is 5.92. The first-order valence-corrected chi connectivity index (χ1v) is 12.0. The monoisotopic (exact) mass is 468 g/mol. The molecule has 0 bridgehead atoms. The molecule has 1 aliphatic heterocycles. The first-order valence-electron chi connectivity index (χ1n) is 12.0. The van der Waals surface area contributed by atoms with Crippen molar-refractivity contribution in [3.8, 4) is 16.9 Å². The van der Waals surface area contributed by atoms with Gasteiger partial charge >= 0.3 is 5.97 Å². The van der Waals surface area contributed by atoms with E-state index in [1.807, 2.05) is 18.2 Å². The number of hydrogen-bond donors (Lipinski definition) is 1. The van der Waals surface area contributed by atoms with Gasteiger partial charge in [-0.1, -0.05) is 26.0 Å². The molecule has 0 atom stereocenters. The number of rotatable bonds is 10. The molecule has 2 aromatic rings. The van der Waals surface area contributed by atoms with Crippen molar-refractivity contribution in [2.45, 2.75) is 33.6 Å². The molecule has 1 saturated heterocycles. The Morgan fingerprint density at radius 3 is 2.56 bits per heavy atom. The molecule has 1 N–H and O–H groups in total. The molecule has 7 heteroatoms. The van der Waals surface area contributed by atoms with Crippen LogP contribution >= 0.6 is 0 Å². The Balaban J connectivity index is 1.79. The van der Waals surface area contributed by atoms with Gasteiger partial charge in [-0.3, -0.25) is 14.5 Å². The maximum Gasteiger partial charge on any atom is 0.325 e. The van der Waals surface area contributed by atoms with Crippen LogP contribution in [-0.4, -0.2) is 69.4 Å². The first kappa shape index (κ1) is 25.7. The minimum Gasteiger partial charge on any atom is -0.492 e. The van der Waals surface area contributed by atoms with Gasteiger partial charge in [0.05, 0.1) is 19.8 Å². The SMILES string of the molecule is CCOC(=O)CNC(=O)c1ccc(C(C)C)c(-c2cc(OCCN3CCOCC3)ccc2C)c1. The summed E-state index contributed by atoms with van der Waals surface area (Å²) in [4.78, 5) is 26.7. The zero-order valence-corrected chi connectivity index (χ0v) is 20.7. The molecule has 7 nitrogen and oxygen atoms in total. The predicted octanol–water partition coefficient (Wildman–Crippen LogP) is 3.79. The molecule has 0 aromatic heterocycles. The molecule has 34 heavy (non-hydrogen) atoms. The summed E-state index contributed by atoms with van der Waals surface area (Å²) in [6.07, 6.45) is 0. The van der Waals surface area contributed by atoms with Crippen molar-refractivity contribution >= 4 is 11.9 Å². The molecule has 1 heterocycles. The fourth-order valence-electron chi connectivity index (χ4n) is 4.00. The highest BCUT2D eigenvalue weighted by Gasteiger charge is 2.17. The van der Waals surface area contributed by atoms with Gasteiger partial charge in [0.25, 0.3) is 5.91 Å². The lowest BCUT2D eigenvalue weighted by atomic mass is 9.89. The topological polar surface area (TPSA) is 77.1 Å². The van der Waals surface area contributed by atoms with Crippen LogP contribution < -0.4 is 10.1 Å². The molecular weight excluding hydrogens is 432 g/mol. The average molecular weight is 469 g/mol. The number of amides is 1. The molecule has 1 fully saturated rings. The Labute approximate surface area is 202 Å². The number of ether oxygens (including phenoxy) is 3. The van der Waals surface area contributed by atoms with Crippen LogP contribution in [0.2, 0.25) is 0 Å². The molecule has 3 rings (SSSR count). The summed E-state index contributed by atoms with van der Waals surface area (Å²) < 4.78 is 16.4. The lowest BCUT2D eigenvalue weighted by Gasteiger charge is -2.26. The minimum absolute atomic E-state index is 0.153. The highest BCUT2D eigenvalue weighted by molar-refractivity contribution is 5.97. The van der Waals surface area contributed by atoms with E-state index >= 15 is 0 Å². The molecule has 0 aliphatic carbocycles. The molecule has 1 aliphatic rings. The standard InChI is InChI=1S/C27H36N2O5/c1-5-33-26(30)18-28-27(31)21-7-9-23(19(2)3)25(16-21)24-17-22(8-6-20(24)4)34-15-12-29-10-13-32-14-11-29/h6-9,16-17,19H,5,10-15,18H2,1-4H3,(H,28,31). The van der Waals surface area contributed by atoms with Crippen molar-refractivity contribution in [2.75, 3.05) is 52.6 Å². The van der Waals surface area contributed by atoms with E-state index in [1.54, 1.807) is 13.0 Å². The third-order valence-electron chi connectivity index (χ3n) is 5.92. The van der Waals surface area contributed by atoms with Gasteiger partial charge in [0, 0.05) is 25.2 Å². The van der Waals surface area contributed by atoms with E-state index in [4.69, 9.17) is 14.2 Å². The van der Waals surface area contributed by atoms with Crippen LogP contribution in [0.3, 0.4) is 0 Å². The van der Waals surface area contributed by atoms with Crippen LogP contribution in [0.25, 0.3) is 11.1 Å². The number of carbonyl (C=O) groups is 2. The van der Waals surface area contributed by atoms with E-state index < -0.39 is 5.97 Å². The largest absolute Gasteiger partial charge is 0.492 e. The second-order valence-corrected chi connectivity index (χ2v) is 8.72. The van der Waals surface area contributed by atoms with E-state index in [2.05, 4.69) is 43.1 Å². The molecule has 1 amide bonds. The van der Waals surface area contributed by atoms with Crippen LogP contribution in [0.4, 0.5) is 0 Å². The van der Waals surface area contributed by atoms with Crippen LogP contribution in [0.15, 0.2) is 36.4 Å². The Morgan fingerprint density at radius 2 is 1.85 bits per heavy atom.